The molecule has 0 aromatic carbocycles. The number of amides is 1. The topological polar surface area (TPSA) is 74.4 Å². The summed E-state index contributed by atoms with van der Waals surface area (Å²) in [5, 5.41) is 1.01. The highest BCUT2D eigenvalue weighted by molar-refractivity contribution is 5.88. The molecule has 7 heteroatoms. The van der Waals surface area contributed by atoms with E-state index in [-0.39, 0.29) is 11.8 Å². The molecule has 1 amide bonds. The third-order valence-electron chi connectivity index (χ3n) is 4.88. The fraction of sp³-hybridized carbons (Fsp3) is 0.562. The first kappa shape index (κ1) is 14.4. The van der Waals surface area contributed by atoms with Crippen LogP contribution in [0.4, 0.5) is 5.82 Å². The van der Waals surface area contributed by atoms with Gasteiger partial charge in [0.05, 0.1) is 24.5 Å². The average molecular weight is 315 g/mol. The molecule has 1 N–H and O–H groups in total. The SMILES string of the molecule is C[C@@H]1CN(c2ncnc3[nH]ccc23)C[C@H]1C(=O)N1CCOCC1. The van der Waals surface area contributed by atoms with Crippen LogP contribution in [-0.2, 0) is 9.53 Å². The second-order valence-electron chi connectivity index (χ2n) is 6.36. The number of nitrogens with one attached hydrogen (secondary N) is 1. The maximum atomic E-state index is 12.8. The molecule has 2 atom stereocenters. The predicted molar refractivity (Wildman–Crippen MR) is 86.2 cm³/mol. The van der Waals surface area contributed by atoms with Crippen molar-refractivity contribution in [2.75, 3.05) is 44.3 Å². The molecule has 23 heavy (non-hydrogen) atoms. The average Bonchev–Trinajstić information content (AvgIpc) is 3.21. The van der Waals surface area contributed by atoms with E-state index in [0.29, 0.717) is 38.8 Å². The maximum Gasteiger partial charge on any atom is 0.227 e. The van der Waals surface area contributed by atoms with Gasteiger partial charge in [0.2, 0.25) is 5.91 Å². The lowest BCUT2D eigenvalue weighted by atomic mass is 9.96. The molecule has 7 nitrogen and oxygen atoms in total. The Hall–Kier alpha value is -2.15. The van der Waals surface area contributed by atoms with Crippen LogP contribution in [0.3, 0.4) is 0 Å². The van der Waals surface area contributed by atoms with Crippen molar-refractivity contribution in [1.29, 1.82) is 0 Å². The number of anilines is 1. The highest BCUT2D eigenvalue weighted by Crippen LogP contribution is 2.31. The number of hydrogen-bond acceptors (Lipinski definition) is 5. The van der Waals surface area contributed by atoms with Crippen LogP contribution in [0.2, 0.25) is 0 Å². The summed E-state index contributed by atoms with van der Waals surface area (Å²) in [7, 11) is 0. The third-order valence-corrected chi connectivity index (χ3v) is 4.88. The highest BCUT2D eigenvalue weighted by atomic mass is 16.5. The van der Waals surface area contributed by atoms with Crippen LogP contribution in [0.1, 0.15) is 6.92 Å². The molecule has 0 bridgehead atoms. The van der Waals surface area contributed by atoms with Crippen molar-refractivity contribution in [2.45, 2.75) is 6.92 Å². The quantitative estimate of drug-likeness (QED) is 0.891. The summed E-state index contributed by atoms with van der Waals surface area (Å²) in [6.07, 6.45) is 3.45. The van der Waals surface area contributed by atoms with Crippen molar-refractivity contribution in [3.8, 4) is 0 Å². The first-order valence-electron chi connectivity index (χ1n) is 8.13. The first-order valence-corrected chi connectivity index (χ1v) is 8.13. The van der Waals surface area contributed by atoms with Gasteiger partial charge in [-0.1, -0.05) is 6.92 Å². The van der Waals surface area contributed by atoms with Gasteiger partial charge in [-0.05, 0) is 12.0 Å². The van der Waals surface area contributed by atoms with Crippen LogP contribution in [0.25, 0.3) is 11.0 Å². The van der Waals surface area contributed by atoms with Gasteiger partial charge >= 0.3 is 0 Å². The molecule has 2 aromatic rings. The van der Waals surface area contributed by atoms with Gasteiger partial charge in [0.15, 0.2) is 0 Å². The number of ether oxygens (including phenoxy) is 1. The summed E-state index contributed by atoms with van der Waals surface area (Å²) < 4.78 is 5.34. The van der Waals surface area contributed by atoms with Crippen LogP contribution in [-0.4, -0.2) is 65.2 Å². The van der Waals surface area contributed by atoms with E-state index in [1.807, 2.05) is 17.2 Å². The summed E-state index contributed by atoms with van der Waals surface area (Å²) in [6.45, 7) is 6.42. The lowest BCUT2D eigenvalue weighted by Crippen LogP contribution is -2.45. The number of aromatic nitrogens is 3. The molecule has 4 heterocycles. The van der Waals surface area contributed by atoms with E-state index in [1.165, 1.54) is 0 Å². The van der Waals surface area contributed by atoms with E-state index in [9.17, 15) is 4.79 Å². The van der Waals surface area contributed by atoms with E-state index in [0.717, 1.165) is 23.4 Å². The Morgan fingerprint density at radius 3 is 2.96 bits per heavy atom. The van der Waals surface area contributed by atoms with Gasteiger partial charge in [0.25, 0.3) is 0 Å². The number of rotatable bonds is 2. The summed E-state index contributed by atoms with van der Waals surface area (Å²) >= 11 is 0. The van der Waals surface area contributed by atoms with Crippen LogP contribution < -0.4 is 4.90 Å². The molecule has 2 aliphatic heterocycles. The van der Waals surface area contributed by atoms with E-state index >= 15 is 0 Å². The summed E-state index contributed by atoms with van der Waals surface area (Å²) in [4.78, 5) is 28.8. The number of carbonyl (C=O) groups is 1. The second-order valence-corrected chi connectivity index (χ2v) is 6.36. The molecule has 122 valence electrons. The van der Waals surface area contributed by atoms with Crippen LogP contribution in [0.5, 0.6) is 0 Å². The molecule has 2 aromatic heterocycles. The van der Waals surface area contributed by atoms with E-state index in [2.05, 4.69) is 26.8 Å². The lowest BCUT2D eigenvalue weighted by molar-refractivity contribution is -0.140. The molecule has 0 aliphatic carbocycles. The zero-order valence-corrected chi connectivity index (χ0v) is 13.2. The monoisotopic (exact) mass is 315 g/mol. The number of hydrogen-bond donors (Lipinski definition) is 1. The Labute approximate surface area is 134 Å². The van der Waals surface area contributed by atoms with Gasteiger partial charge in [0, 0.05) is 32.4 Å². The molecule has 4 rings (SSSR count). The zero-order valence-electron chi connectivity index (χ0n) is 13.2. The summed E-state index contributed by atoms with van der Waals surface area (Å²) in [5.74, 6) is 1.51. The number of nitrogens with zero attached hydrogens (tertiary/aromatic N) is 4. The maximum absolute atomic E-state index is 12.8. The van der Waals surface area contributed by atoms with Gasteiger partial charge in [-0.25, -0.2) is 9.97 Å². The van der Waals surface area contributed by atoms with Crippen molar-refractivity contribution >= 4 is 22.8 Å². The van der Waals surface area contributed by atoms with E-state index in [4.69, 9.17) is 4.74 Å². The molecule has 2 saturated heterocycles. The normalized spacial score (nSPS) is 25.3. The number of H-pyrrole nitrogens is 1. The molecule has 0 spiro atoms. The van der Waals surface area contributed by atoms with Gasteiger partial charge in [-0.2, -0.15) is 0 Å². The molecular weight excluding hydrogens is 294 g/mol. The largest absolute Gasteiger partial charge is 0.378 e. The Bertz CT molecular complexity index is 709. The van der Waals surface area contributed by atoms with E-state index < -0.39 is 0 Å². The van der Waals surface area contributed by atoms with Crippen LogP contribution >= 0.6 is 0 Å². The van der Waals surface area contributed by atoms with Gasteiger partial charge in [-0.3, -0.25) is 4.79 Å². The molecule has 0 unspecified atom stereocenters. The minimum Gasteiger partial charge on any atom is -0.378 e. The number of carbonyl (C=O) groups excluding carboxylic acids is 1. The number of fused-ring (bicyclic) bond motifs is 1. The highest BCUT2D eigenvalue weighted by Gasteiger charge is 2.38. The number of aromatic amines is 1. The smallest absolute Gasteiger partial charge is 0.227 e. The molecule has 2 fully saturated rings. The Morgan fingerprint density at radius 2 is 2.13 bits per heavy atom. The van der Waals surface area contributed by atoms with Gasteiger partial charge in [0.1, 0.15) is 17.8 Å². The van der Waals surface area contributed by atoms with Crippen molar-refractivity contribution in [3.63, 3.8) is 0 Å². The van der Waals surface area contributed by atoms with Crippen molar-refractivity contribution < 1.29 is 9.53 Å². The van der Waals surface area contributed by atoms with E-state index in [1.54, 1.807) is 6.33 Å². The summed E-state index contributed by atoms with van der Waals surface area (Å²) in [6, 6.07) is 1.99. The Kier molecular flexibility index (Phi) is 3.65. The molecule has 2 aliphatic rings. The van der Waals surface area contributed by atoms with Gasteiger partial charge in [-0.15, -0.1) is 0 Å². The fourth-order valence-corrected chi connectivity index (χ4v) is 3.59. The standard InChI is InChI=1S/C16H21N5O2/c1-11-8-21(15-12-2-3-17-14(12)18-10-19-15)9-13(11)16(22)20-4-6-23-7-5-20/h2-3,10-11,13H,4-9H2,1H3,(H,17,18,19)/t11-,13-/m1/s1. The van der Waals surface area contributed by atoms with Crippen molar-refractivity contribution in [3.05, 3.63) is 18.6 Å². The second kappa shape index (κ2) is 5.81. The Balaban J connectivity index is 1.55. The molecular formula is C16H21N5O2. The van der Waals surface area contributed by atoms with Crippen molar-refractivity contribution in [2.24, 2.45) is 11.8 Å². The van der Waals surface area contributed by atoms with Gasteiger partial charge < -0.3 is 19.5 Å². The van der Waals surface area contributed by atoms with Crippen LogP contribution in [0, 0.1) is 11.8 Å². The Morgan fingerprint density at radius 1 is 1.30 bits per heavy atom. The third kappa shape index (κ3) is 2.55. The zero-order chi connectivity index (χ0) is 15.8. The number of morpholine rings is 1. The molecule has 0 saturated carbocycles. The fourth-order valence-electron chi connectivity index (χ4n) is 3.59. The lowest BCUT2D eigenvalue weighted by Gasteiger charge is -2.30. The first-order chi connectivity index (χ1) is 11.2. The minimum absolute atomic E-state index is 0.0251. The minimum atomic E-state index is 0.0251. The molecule has 0 radical (unpaired) electrons. The predicted octanol–water partition coefficient (Wildman–Crippen LogP) is 0.889. The van der Waals surface area contributed by atoms with Crippen molar-refractivity contribution in [1.82, 2.24) is 19.9 Å². The van der Waals surface area contributed by atoms with Crippen LogP contribution in [0.15, 0.2) is 18.6 Å². The summed E-state index contributed by atoms with van der Waals surface area (Å²) in [5.41, 5.74) is 0.839.